The SMILES string of the molecule is Cc1ccc(C)c(N2CCN(C(=O)c3cccs3)[C@@H](C)C2=O)c1. The summed E-state index contributed by atoms with van der Waals surface area (Å²) in [4.78, 5) is 29.5. The normalized spacial score (nSPS) is 18.4. The van der Waals surface area contributed by atoms with Crippen LogP contribution in [-0.4, -0.2) is 35.8 Å². The first kappa shape index (κ1) is 15.7. The number of aryl methyl sites for hydroxylation is 2. The lowest BCUT2D eigenvalue weighted by atomic mass is 10.1. The van der Waals surface area contributed by atoms with Crippen LogP contribution in [0.4, 0.5) is 5.69 Å². The number of carbonyl (C=O) groups excluding carboxylic acids is 2. The van der Waals surface area contributed by atoms with Crippen LogP contribution in [0.5, 0.6) is 0 Å². The van der Waals surface area contributed by atoms with Gasteiger partial charge >= 0.3 is 0 Å². The van der Waals surface area contributed by atoms with Crippen molar-refractivity contribution in [3.63, 3.8) is 0 Å². The molecule has 0 bridgehead atoms. The van der Waals surface area contributed by atoms with Crippen LogP contribution in [0.1, 0.15) is 27.7 Å². The zero-order chi connectivity index (χ0) is 16.6. The molecule has 0 unspecified atom stereocenters. The van der Waals surface area contributed by atoms with E-state index < -0.39 is 6.04 Å². The maximum atomic E-state index is 12.8. The number of hydrogen-bond acceptors (Lipinski definition) is 3. The Kier molecular flexibility index (Phi) is 4.22. The summed E-state index contributed by atoms with van der Waals surface area (Å²) in [5.41, 5.74) is 3.16. The molecule has 0 spiro atoms. The predicted molar refractivity (Wildman–Crippen MR) is 93.1 cm³/mol. The van der Waals surface area contributed by atoms with E-state index in [9.17, 15) is 9.59 Å². The molecule has 5 heteroatoms. The smallest absolute Gasteiger partial charge is 0.264 e. The second-order valence-electron chi connectivity index (χ2n) is 5.93. The van der Waals surface area contributed by atoms with Gasteiger partial charge in [-0.3, -0.25) is 9.59 Å². The maximum absolute atomic E-state index is 12.8. The molecular weight excluding hydrogens is 308 g/mol. The Bertz CT molecular complexity index is 739. The quantitative estimate of drug-likeness (QED) is 0.849. The van der Waals surface area contributed by atoms with Gasteiger partial charge in [-0.05, 0) is 49.4 Å². The van der Waals surface area contributed by atoms with Crippen LogP contribution in [-0.2, 0) is 4.79 Å². The number of amides is 2. The van der Waals surface area contributed by atoms with Crippen LogP contribution < -0.4 is 4.90 Å². The van der Waals surface area contributed by atoms with E-state index in [1.807, 2.05) is 55.3 Å². The van der Waals surface area contributed by atoms with E-state index in [4.69, 9.17) is 0 Å². The first-order valence-electron chi connectivity index (χ1n) is 7.72. The molecule has 0 saturated carbocycles. The van der Waals surface area contributed by atoms with E-state index in [2.05, 4.69) is 0 Å². The summed E-state index contributed by atoms with van der Waals surface area (Å²) in [6, 6.07) is 9.34. The van der Waals surface area contributed by atoms with Crippen molar-refractivity contribution in [2.24, 2.45) is 0 Å². The number of benzene rings is 1. The topological polar surface area (TPSA) is 40.6 Å². The third-order valence-corrected chi connectivity index (χ3v) is 5.16. The van der Waals surface area contributed by atoms with Gasteiger partial charge in [0.25, 0.3) is 5.91 Å². The molecule has 1 aromatic carbocycles. The van der Waals surface area contributed by atoms with Crippen LogP contribution >= 0.6 is 11.3 Å². The summed E-state index contributed by atoms with van der Waals surface area (Å²) in [5.74, 6) is -0.0729. The first-order chi connectivity index (χ1) is 11.0. The molecular formula is C18H20N2O2S. The second kappa shape index (κ2) is 6.16. The van der Waals surface area contributed by atoms with Crippen molar-refractivity contribution in [2.45, 2.75) is 26.8 Å². The van der Waals surface area contributed by atoms with Gasteiger partial charge in [0.2, 0.25) is 5.91 Å². The molecule has 1 saturated heterocycles. The van der Waals surface area contributed by atoms with Crippen LogP contribution in [0.25, 0.3) is 0 Å². The molecule has 2 aromatic rings. The summed E-state index contributed by atoms with van der Waals surface area (Å²) in [6.45, 7) is 6.93. The standard InChI is InChI=1S/C18H20N2O2S/c1-12-6-7-13(2)15(11-12)20-9-8-19(14(3)17(20)21)18(22)16-5-4-10-23-16/h4-7,10-11,14H,8-9H2,1-3H3/t14-/m0/s1. The summed E-state index contributed by atoms with van der Waals surface area (Å²) in [7, 11) is 0. The number of nitrogens with zero attached hydrogens (tertiary/aromatic N) is 2. The molecule has 1 fully saturated rings. The average molecular weight is 328 g/mol. The fourth-order valence-corrected chi connectivity index (χ4v) is 3.62. The third kappa shape index (κ3) is 2.88. The minimum atomic E-state index is -0.446. The van der Waals surface area contributed by atoms with Crippen LogP contribution in [0.15, 0.2) is 35.7 Å². The van der Waals surface area contributed by atoms with Gasteiger partial charge in [0.15, 0.2) is 0 Å². The molecule has 0 N–H and O–H groups in total. The fraction of sp³-hybridized carbons (Fsp3) is 0.333. The minimum Gasteiger partial charge on any atom is -0.324 e. The van der Waals surface area contributed by atoms with Gasteiger partial charge in [-0.1, -0.05) is 18.2 Å². The average Bonchev–Trinajstić information content (AvgIpc) is 3.06. The zero-order valence-corrected chi connectivity index (χ0v) is 14.4. The highest BCUT2D eigenvalue weighted by Crippen LogP contribution is 2.26. The van der Waals surface area contributed by atoms with Gasteiger partial charge < -0.3 is 9.80 Å². The highest BCUT2D eigenvalue weighted by atomic mass is 32.1. The summed E-state index contributed by atoms with van der Waals surface area (Å²) >= 11 is 1.41. The summed E-state index contributed by atoms with van der Waals surface area (Å²) < 4.78 is 0. The van der Waals surface area contributed by atoms with Crippen molar-refractivity contribution < 1.29 is 9.59 Å². The highest BCUT2D eigenvalue weighted by Gasteiger charge is 2.36. The molecule has 4 nitrogen and oxygen atoms in total. The number of rotatable bonds is 2. The van der Waals surface area contributed by atoms with E-state index in [0.717, 1.165) is 16.8 Å². The molecule has 0 radical (unpaired) electrons. The van der Waals surface area contributed by atoms with Gasteiger partial charge in [-0.25, -0.2) is 0 Å². The van der Waals surface area contributed by atoms with Crippen molar-refractivity contribution >= 4 is 28.8 Å². The molecule has 23 heavy (non-hydrogen) atoms. The number of anilines is 1. The number of piperazine rings is 1. The van der Waals surface area contributed by atoms with E-state index in [-0.39, 0.29) is 11.8 Å². The van der Waals surface area contributed by atoms with E-state index >= 15 is 0 Å². The number of thiophene rings is 1. The first-order valence-corrected chi connectivity index (χ1v) is 8.60. The van der Waals surface area contributed by atoms with Crippen molar-refractivity contribution in [1.82, 2.24) is 4.90 Å². The maximum Gasteiger partial charge on any atom is 0.264 e. The molecule has 2 heterocycles. The Hall–Kier alpha value is -2.14. The Morgan fingerprint density at radius 1 is 1.22 bits per heavy atom. The lowest BCUT2D eigenvalue weighted by Crippen LogP contribution is -2.57. The fourth-order valence-electron chi connectivity index (χ4n) is 2.94. The molecule has 120 valence electrons. The molecule has 0 aliphatic carbocycles. The van der Waals surface area contributed by atoms with Gasteiger partial charge in [-0.15, -0.1) is 11.3 Å². The lowest BCUT2D eigenvalue weighted by Gasteiger charge is -2.39. The monoisotopic (exact) mass is 328 g/mol. The van der Waals surface area contributed by atoms with Crippen molar-refractivity contribution in [3.05, 3.63) is 51.7 Å². The van der Waals surface area contributed by atoms with E-state index in [0.29, 0.717) is 18.0 Å². The van der Waals surface area contributed by atoms with Crippen LogP contribution in [0.3, 0.4) is 0 Å². The lowest BCUT2D eigenvalue weighted by molar-refractivity contribution is -0.124. The van der Waals surface area contributed by atoms with Gasteiger partial charge in [-0.2, -0.15) is 0 Å². The van der Waals surface area contributed by atoms with E-state index in [1.54, 1.807) is 11.0 Å². The zero-order valence-electron chi connectivity index (χ0n) is 13.6. The second-order valence-corrected chi connectivity index (χ2v) is 6.88. The van der Waals surface area contributed by atoms with Crippen LogP contribution in [0.2, 0.25) is 0 Å². The van der Waals surface area contributed by atoms with Gasteiger partial charge in [0.05, 0.1) is 4.88 Å². The highest BCUT2D eigenvalue weighted by molar-refractivity contribution is 7.12. The number of hydrogen-bond donors (Lipinski definition) is 0. The van der Waals surface area contributed by atoms with Crippen LogP contribution in [0, 0.1) is 13.8 Å². The molecule has 1 aliphatic heterocycles. The van der Waals surface area contributed by atoms with E-state index in [1.165, 1.54) is 11.3 Å². The predicted octanol–water partition coefficient (Wildman–Crippen LogP) is 3.24. The Labute approximate surface area is 140 Å². The van der Waals surface area contributed by atoms with Crippen molar-refractivity contribution in [2.75, 3.05) is 18.0 Å². The third-order valence-electron chi connectivity index (χ3n) is 4.30. The van der Waals surface area contributed by atoms with Crippen molar-refractivity contribution in [3.8, 4) is 0 Å². The molecule has 2 amide bonds. The molecule has 1 aromatic heterocycles. The Morgan fingerprint density at radius 2 is 2.00 bits per heavy atom. The van der Waals surface area contributed by atoms with Crippen molar-refractivity contribution in [1.29, 1.82) is 0 Å². The number of carbonyl (C=O) groups is 2. The van der Waals surface area contributed by atoms with Gasteiger partial charge in [0, 0.05) is 18.8 Å². The largest absolute Gasteiger partial charge is 0.324 e. The Morgan fingerprint density at radius 3 is 2.70 bits per heavy atom. The Balaban J connectivity index is 1.84. The molecule has 1 atom stereocenters. The molecule has 1 aliphatic rings. The minimum absolute atomic E-state index is 0.0187. The summed E-state index contributed by atoms with van der Waals surface area (Å²) in [6.07, 6.45) is 0. The summed E-state index contributed by atoms with van der Waals surface area (Å²) in [5, 5.41) is 1.88. The van der Waals surface area contributed by atoms with Gasteiger partial charge in [0.1, 0.15) is 6.04 Å². The molecule has 3 rings (SSSR count).